The van der Waals surface area contributed by atoms with E-state index in [4.69, 9.17) is 9.47 Å². The van der Waals surface area contributed by atoms with Crippen LogP contribution in [0.1, 0.15) is 16.7 Å². The largest absolute Gasteiger partial charge is 0.493 e. The van der Waals surface area contributed by atoms with Crippen LogP contribution in [0.2, 0.25) is 0 Å². The second-order valence-electron chi connectivity index (χ2n) is 6.89. The molecule has 1 N–H and O–H groups in total. The highest BCUT2D eigenvalue weighted by Gasteiger charge is 2.14. The van der Waals surface area contributed by atoms with Crippen molar-refractivity contribution >= 4 is 33.6 Å². The molecule has 0 atom stereocenters. The predicted molar refractivity (Wildman–Crippen MR) is 125 cm³/mol. The molecule has 162 valence electrons. The van der Waals surface area contributed by atoms with Gasteiger partial charge in [0.2, 0.25) is 0 Å². The molecule has 32 heavy (non-hydrogen) atoms. The van der Waals surface area contributed by atoms with E-state index in [1.165, 1.54) is 19.3 Å². The second kappa shape index (κ2) is 10.6. The summed E-state index contributed by atoms with van der Waals surface area (Å²) in [7, 11) is 1.47. The van der Waals surface area contributed by atoms with Crippen LogP contribution in [0.4, 0.5) is 10.1 Å². The number of methoxy groups -OCH3 is 1. The number of hydrogen-bond donors (Lipinski definition) is 1. The van der Waals surface area contributed by atoms with E-state index < -0.39 is 5.91 Å². The summed E-state index contributed by atoms with van der Waals surface area (Å²) in [4.78, 5) is 12.5. The molecule has 0 aliphatic carbocycles. The molecule has 3 rings (SSSR count). The lowest BCUT2D eigenvalue weighted by Gasteiger charge is -2.13. The van der Waals surface area contributed by atoms with E-state index in [1.807, 2.05) is 25.1 Å². The van der Waals surface area contributed by atoms with E-state index in [0.29, 0.717) is 32.8 Å². The van der Waals surface area contributed by atoms with Crippen molar-refractivity contribution in [3.8, 4) is 17.6 Å². The molecule has 0 radical (unpaired) electrons. The Labute approximate surface area is 194 Å². The van der Waals surface area contributed by atoms with E-state index in [1.54, 1.807) is 42.5 Å². The van der Waals surface area contributed by atoms with Gasteiger partial charge in [-0.15, -0.1) is 0 Å². The van der Waals surface area contributed by atoms with Gasteiger partial charge in [-0.3, -0.25) is 4.79 Å². The van der Waals surface area contributed by atoms with Crippen LogP contribution in [0, 0.1) is 24.1 Å². The number of benzene rings is 3. The maximum Gasteiger partial charge on any atom is 0.266 e. The van der Waals surface area contributed by atoms with Crippen LogP contribution < -0.4 is 14.8 Å². The number of ether oxygens (including phenoxy) is 2. The van der Waals surface area contributed by atoms with Gasteiger partial charge in [0.05, 0.1) is 7.11 Å². The Morgan fingerprint density at radius 3 is 2.53 bits per heavy atom. The predicted octanol–water partition coefficient (Wildman–Crippen LogP) is 6.03. The zero-order chi connectivity index (χ0) is 23.1. The van der Waals surface area contributed by atoms with Gasteiger partial charge in [0.25, 0.3) is 5.91 Å². The van der Waals surface area contributed by atoms with E-state index in [-0.39, 0.29) is 18.0 Å². The third-order valence-corrected chi connectivity index (χ3v) is 5.29. The standard InChI is InChI=1S/C25H20BrFN2O3/c1-16-7-9-20(10-8-16)29-25(30)19(14-28)11-18-12-23(31-2)24(13-21(18)26)32-15-17-5-3-4-6-22(17)27/h3-13H,15H2,1-2H3,(H,29,30)/b19-11+. The van der Waals surface area contributed by atoms with Crippen molar-refractivity contribution < 1.29 is 18.7 Å². The van der Waals surface area contributed by atoms with Crippen LogP contribution in [0.3, 0.4) is 0 Å². The molecule has 0 saturated carbocycles. The summed E-state index contributed by atoms with van der Waals surface area (Å²) in [6, 6.07) is 18.8. The fourth-order valence-corrected chi connectivity index (χ4v) is 3.28. The van der Waals surface area contributed by atoms with E-state index in [0.717, 1.165) is 5.56 Å². The minimum Gasteiger partial charge on any atom is -0.493 e. The molecule has 7 heteroatoms. The number of carbonyl (C=O) groups is 1. The Bertz CT molecular complexity index is 1200. The summed E-state index contributed by atoms with van der Waals surface area (Å²) in [5, 5.41) is 12.2. The molecule has 3 aromatic carbocycles. The molecule has 0 spiro atoms. The first kappa shape index (κ1) is 23.0. The lowest BCUT2D eigenvalue weighted by Crippen LogP contribution is -2.13. The number of carbonyl (C=O) groups excluding carboxylic acids is 1. The summed E-state index contributed by atoms with van der Waals surface area (Å²) in [5.74, 6) is -0.111. The number of nitrogens with one attached hydrogen (secondary N) is 1. The summed E-state index contributed by atoms with van der Waals surface area (Å²) >= 11 is 3.44. The Morgan fingerprint density at radius 2 is 1.88 bits per heavy atom. The molecule has 0 aromatic heterocycles. The number of nitriles is 1. The van der Waals surface area contributed by atoms with Gasteiger partial charge < -0.3 is 14.8 Å². The number of rotatable bonds is 7. The Morgan fingerprint density at radius 1 is 1.16 bits per heavy atom. The summed E-state index contributed by atoms with van der Waals surface area (Å²) in [6.07, 6.45) is 1.46. The molecular weight excluding hydrogens is 475 g/mol. The smallest absolute Gasteiger partial charge is 0.266 e. The van der Waals surface area contributed by atoms with Crippen LogP contribution in [-0.4, -0.2) is 13.0 Å². The fourth-order valence-electron chi connectivity index (χ4n) is 2.84. The van der Waals surface area contributed by atoms with E-state index >= 15 is 0 Å². The zero-order valence-electron chi connectivity index (χ0n) is 17.5. The zero-order valence-corrected chi connectivity index (χ0v) is 19.1. The third kappa shape index (κ3) is 5.74. The Hall–Kier alpha value is -3.63. The molecule has 0 unspecified atom stereocenters. The van der Waals surface area contributed by atoms with Gasteiger partial charge in [0.1, 0.15) is 24.1 Å². The molecule has 1 amide bonds. The molecule has 0 aliphatic rings. The first-order valence-electron chi connectivity index (χ1n) is 9.65. The van der Waals surface area contributed by atoms with Gasteiger partial charge in [0, 0.05) is 15.7 Å². The molecular formula is C25H20BrFN2O3. The van der Waals surface area contributed by atoms with Gasteiger partial charge in [0.15, 0.2) is 11.5 Å². The third-order valence-electron chi connectivity index (χ3n) is 4.60. The highest BCUT2D eigenvalue weighted by molar-refractivity contribution is 9.10. The van der Waals surface area contributed by atoms with Crippen LogP contribution in [0.5, 0.6) is 11.5 Å². The van der Waals surface area contributed by atoms with Crippen molar-refractivity contribution in [3.05, 3.63) is 93.2 Å². The number of aryl methyl sites for hydroxylation is 1. The average molecular weight is 495 g/mol. The minimum atomic E-state index is -0.526. The molecule has 0 aliphatic heterocycles. The van der Waals surface area contributed by atoms with Crippen LogP contribution in [0.25, 0.3) is 6.08 Å². The summed E-state index contributed by atoms with van der Waals surface area (Å²) in [6.45, 7) is 1.97. The lowest BCUT2D eigenvalue weighted by molar-refractivity contribution is -0.112. The van der Waals surface area contributed by atoms with Crippen molar-refractivity contribution in [1.82, 2.24) is 0 Å². The average Bonchev–Trinajstić information content (AvgIpc) is 2.79. The summed E-state index contributed by atoms with van der Waals surface area (Å²) in [5.41, 5.74) is 2.54. The fraction of sp³-hybridized carbons (Fsp3) is 0.120. The van der Waals surface area contributed by atoms with Crippen molar-refractivity contribution in [2.75, 3.05) is 12.4 Å². The number of amides is 1. The number of hydrogen-bond acceptors (Lipinski definition) is 4. The number of halogens is 2. The SMILES string of the molecule is COc1cc(/C=C(\C#N)C(=O)Nc2ccc(C)cc2)c(Br)cc1OCc1ccccc1F. The molecule has 0 saturated heterocycles. The summed E-state index contributed by atoms with van der Waals surface area (Å²) < 4.78 is 25.6. The van der Waals surface area contributed by atoms with Gasteiger partial charge >= 0.3 is 0 Å². The highest BCUT2D eigenvalue weighted by atomic mass is 79.9. The number of anilines is 1. The molecule has 0 heterocycles. The normalized spacial score (nSPS) is 10.9. The first-order chi connectivity index (χ1) is 15.4. The van der Waals surface area contributed by atoms with E-state index in [9.17, 15) is 14.4 Å². The quantitative estimate of drug-likeness (QED) is 0.321. The molecule has 3 aromatic rings. The van der Waals surface area contributed by atoms with Crippen LogP contribution in [0.15, 0.2) is 70.7 Å². The van der Waals surface area contributed by atoms with Crippen molar-refractivity contribution in [2.24, 2.45) is 0 Å². The van der Waals surface area contributed by atoms with Crippen LogP contribution in [-0.2, 0) is 11.4 Å². The monoisotopic (exact) mass is 494 g/mol. The van der Waals surface area contributed by atoms with Crippen LogP contribution >= 0.6 is 15.9 Å². The maximum atomic E-state index is 13.9. The van der Waals surface area contributed by atoms with Crippen molar-refractivity contribution in [2.45, 2.75) is 13.5 Å². The van der Waals surface area contributed by atoms with Crippen molar-refractivity contribution in [3.63, 3.8) is 0 Å². The maximum absolute atomic E-state index is 13.9. The van der Waals surface area contributed by atoms with Gasteiger partial charge in [-0.25, -0.2) is 4.39 Å². The molecule has 5 nitrogen and oxygen atoms in total. The Kier molecular flexibility index (Phi) is 7.63. The molecule has 0 fully saturated rings. The topological polar surface area (TPSA) is 71.3 Å². The van der Waals surface area contributed by atoms with Gasteiger partial charge in [-0.2, -0.15) is 5.26 Å². The second-order valence-corrected chi connectivity index (χ2v) is 7.75. The minimum absolute atomic E-state index is 0.0209. The van der Waals surface area contributed by atoms with Gasteiger partial charge in [-0.1, -0.05) is 51.8 Å². The Balaban J connectivity index is 1.82. The first-order valence-corrected chi connectivity index (χ1v) is 10.4. The van der Waals surface area contributed by atoms with E-state index in [2.05, 4.69) is 21.2 Å². The van der Waals surface area contributed by atoms with Crippen molar-refractivity contribution in [1.29, 1.82) is 5.26 Å². The lowest BCUT2D eigenvalue weighted by atomic mass is 10.1. The highest BCUT2D eigenvalue weighted by Crippen LogP contribution is 2.35. The number of nitrogens with zero attached hydrogens (tertiary/aromatic N) is 1. The van der Waals surface area contributed by atoms with Gasteiger partial charge in [-0.05, 0) is 48.9 Å². The molecule has 0 bridgehead atoms.